The summed E-state index contributed by atoms with van der Waals surface area (Å²) >= 11 is 0. The van der Waals surface area contributed by atoms with Gasteiger partial charge in [0.15, 0.2) is 0 Å². The Morgan fingerprint density at radius 3 is 1.57 bits per heavy atom. The molecular weight excluding hydrogens is 536 g/mol. The van der Waals surface area contributed by atoms with Gasteiger partial charge < -0.3 is 19.3 Å². The van der Waals surface area contributed by atoms with E-state index in [1.807, 2.05) is 81.7 Å². The van der Waals surface area contributed by atoms with Gasteiger partial charge in [0.05, 0.1) is 43.4 Å². The SMILES string of the molecule is CC(C)(C)OC(=O)N1C2CCC1c1cc(CO)ccc12.COC(=O)c1ccc2c(c1)C1CCC2N1C(=O)OC(C)(C)C. The van der Waals surface area contributed by atoms with Gasteiger partial charge in [-0.1, -0.05) is 24.3 Å². The lowest BCUT2D eigenvalue weighted by atomic mass is 9.90. The summed E-state index contributed by atoms with van der Waals surface area (Å²) in [6.45, 7) is 11.3. The fourth-order valence-corrected chi connectivity index (χ4v) is 6.71. The van der Waals surface area contributed by atoms with Crippen LogP contribution in [-0.4, -0.2) is 51.4 Å². The Hall–Kier alpha value is -3.59. The molecule has 0 spiro atoms. The molecule has 2 amide bonds. The lowest BCUT2D eigenvalue weighted by Crippen LogP contribution is -2.34. The highest BCUT2D eigenvalue weighted by Crippen LogP contribution is 2.54. The number of benzene rings is 2. The van der Waals surface area contributed by atoms with Crippen molar-refractivity contribution < 1.29 is 33.7 Å². The Morgan fingerprint density at radius 2 is 1.14 bits per heavy atom. The summed E-state index contributed by atoms with van der Waals surface area (Å²) in [7, 11) is 1.37. The maximum Gasteiger partial charge on any atom is 0.411 e. The predicted octanol–water partition coefficient (Wildman–Crippen LogP) is 6.91. The molecular formula is C33H42N2O7. The number of aliphatic hydroxyl groups excluding tert-OH is 1. The summed E-state index contributed by atoms with van der Waals surface area (Å²) in [6.07, 6.45) is 3.31. The second-order valence-electron chi connectivity index (χ2n) is 13.4. The first-order valence-electron chi connectivity index (χ1n) is 14.7. The van der Waals surface area contributed by atoms with E-state index in [2.05, 4.69) is 0 Å². The summed E-state index contributed by atoms with van der Waals surface area (Å²) in [5.41, 5.74) is 5.01. The van der Waals surface area contributed by atoms with Crippen molar-refractivity contribution in [2.24, 2.45) is 0 Å². The number of nitrogens with zero attached hydrogens (tertiary/aromatic N) is 2. The van der Waals surface area contributed by atoms with Crippen LogP contribution in [0.4, 0.5) is 9.59 Å². The lowest BCUT2D eigenvalue weighted by Gasteiger charge is -2.27. The van der Waals surface area contributed by atoms with Crippen LogP contribution in [-0.2, 0) is 20.8 Å². The topological polar surface area (TPSA) is 106 Å². The number of rotatable bonds is 2. The Bertz CT molecular complexity index is 1390. The summed E-state index contributed by atoms with van der Waals surface area (Å²) < 4.78 is 15.8. The first kappa shape index (κ1) is 29.9. The minimum absolute atomic E-state index is 0.000504. The molecule has 0 aliphatic carbocycles. The van der Waals surface area contributed by atoms with Crippen molar-refractivity contribution >= 4 is 18.2 Å². The molecule has 4 atom stereocenters. The number of methoxy groups -OCH3 is 1. The van der Waals surface area contributed by atoms with Crippen molar-refractivity contribution in [3.8, 4) is 0 Å². The van der Waals surface area contributed by atoms with Gasteiger partial charge in [0.2, 0.25) is 0 Å². The number of esters is 1. The maximum absolute atomic E-state index is 12.5. The summed E-state index contributed by atoms with van der Waals surface area (Å²) in [5.74, 6) is -0.352. The van der Waals surface area contributed by atoms with E-state index in [0.717, 1.165) is 42.4 Å². The minimum atomic E-state index is -0.511. The second kappa shape index (κ2) is 10.9. The first-order chi connectivity index (χ1) is 19.7. The van der Waals surface area contributed by atoms with E-state index in [-0.39, 0.29) is 48.9 Å². The van der Waals surface area contributed by atoms with E-state index in [1.54, 1.807) is 6.07 Å². The molecule has 0 radical (unpaired) electrons. The van der Waals surface area contributed by atoms with Gasteiger partial charge >= 0.3 is 18.2 Å². The normalized spacial score (nSPS) is 23.1. The van der Waals surface area contributed by atoms with Crippen molar-refractivity contribution in [1.29, 1.82) is 0 Å². The molecule has 6 rings (SSSR count). The zero-order valence-corrected chi connectivity index (χ0v) is 25.6. The van der Waals surface area contributed by atoms with E-state index >= 15 is 0 Å². The van der Waals surface area contributed by atoms with E-state index in [1.165, 1.54) is 18.2 Å². The molecule has 1 N–H and O–H groups in total. The molecule has 0 saturated carbocycles. The fraction of sp³-hybridized carbons (Fsp3) is 0.545. The van der Waals surface area contributed by atoms with Crippen LogP contribution in [0.2, 0.25) is 0 Å². The molecule has 4 bridgehead atoms. The molecule has 2 aromatic rings. The number of amides is 2. The molecule has 226 valence electrons. The molecule has 2 saturated heterocycles. The minimum Gasteiger partial charge on any atom is -0.465 e. The number of carbonyl (C=O) groups excluding carboxylic acids is 3. The first-order valence-corrected chi connectivity index (χ1v) is 14.7. The van der Waals surface area contributed by atoms with E-state index in [9.17, 15) is 19.5 Å². The van der Waals surface area contributed by atoms with Crippen LogP contribution < -0.4 is 0 Å². The van der Waals surface area contributed by atoms with Gasteiger partial charge in [-0.25, -0.2) is 14.4 Å². The Morgan fingerprint density at radius 1 is 0.714 bits per heavy atom. The van der Waals surface area contributed by atoms with Crippen LogP contribution in [0.25, 0.3) is 0 Å². The average Bonchev–Trinajstić information content (AvgIpc) is 3.68. The molecule has 2 fully saturated rings. The number of fused-ring (bicyclic) bond motifs is 10. The molecule has 4 heterocycles. The number of ether oxygens (including phenoxy) is 3. The van der Waals surface area contributed by atoms with Gasteiger partial charge in [-0.15, -0.1) is 0 Å². The standard InChI is InChI=1S/C17H21NO4.C16H21NO3/c1-17(2,3)22-16(20)18-13-7-8-14(18)12-9-10(15(19)21-4)5-6-11(12)13;1-16(2,3)20-15(19)17-13-6-7-14(17)12-8-10(9-18)4-5-11(12)13/h5-6,9,13-14H,7-8H2,1-4H3;4-5,8,13-14,18H,6-7,9H2,1-3H3. The second-order valence-corrected chi connectivity index (χ2v) is 13.4. The van der Waals surface area contributed by atoms with E-state index < -0.39 is 11.2 Å². The summed E-state index contributed by atoms with van der Waals surface area (Å²) in [6, 6.07) is 11.9. The molecule has 4 aliphatic rings. The quantitative estimate of drug-likeness (QED) is 0.305. The van der Waals surface area contributed by atoms with Crippen LogP contribution in [0.5, 0.6) is 0 Å². The fourth-order valence-electron chi connectivity index (χ4n) is 6.71. The van der Waals surface area contributed by atoms with Gasteiger partial charge in [-0.3, -0.25) is 9.80 Å². The molecule has 9 nitrogen and oxygen atoms in total. The highest BCUT2D eigenvalue weighted by Gasteiger charge is 2.49. The van der Waals surface area contributed by atoms with Gasteiger partial charge in [0.25, 0.3) is 0 Å². The lowest BCUT2D eigenvalue weighted by molar-refractivity contribution is 0.0166. The highest BCUT2D eigenvalue weighted by molar-refractivity contribution is 5.90. The van der Waals surface area contributed by atoms with Crippen LogP contribution in [0.1, 0.15) is 130 Å². The Kier molecular flexibility index (Phi) is 7.77. The number of hydrogen-bond donors (Lipinski definition) is 1. The number of hydrogen-bond acceptors (Lipinski definition) is 7. The Labute approximate surface area is 247 Å². The largest absolute Gasteiger partial charge is 0.465 e. The average molecular weight is 579 g/mol. The molecule has 0 aromatic heterocycles. The van der Waals surface area contributed by atoms with Crippen LogP contribution in [0.15, 0.2) is 36.4 Å². The third-order valence-electron chi connectivity index (χ3n) is 8.26. The molecule has 4 unspecified atom stereocenters. The van der Waals surface area contributed by atoms with E-state index in [4.69, 9.17) is 14.2 Å². The predicted molar refractivity (Wildman–Crippen MR) is 156 cm³/mol. The summed E-state index contributed by atoms with van der Waals surface area (Å²) in [5, 5.41) is 9.26. The third kappa shape index (κ3) is 5.59. The van der Waals surface area contributed by atoms with Crippen LogP contribution in [0.3, 0.4) is 0 Å². The van der Waals surface area contributed by atoms with Gasteiger partial charge in [0, 0.05) is 0 Å². The molecule has 9 heteroatoms. The summed E-state index contributed by atoms with van der Waals surface area (Å²) in [4.78, 5) is 40.3. The van der Waals surface area contributed by atoms with Crippen molar-refractivity contribution in [2.75, 3.05) is 7.11 Å². The van der Waals surface area contributed by atoms with Gasteiger partial charge in [0.1, 0.15) is 11.2 Å². The van der Waals surface area contributed by atoms with Crippen molar-refractivity contribution in [3.05, 3.63) is 69.8 Å². The monoisotopic (exact) mass is 578 g/mol. The number of carbonyl (C=O) groups is 3. The highest BCUT2D eigenvalue weighted by atomic mass is 16.6. The molecule has 2 aromatic carbocycles. The van der Waals surface area contributed by atoms with E-state index in [0.29, 0.717) is 5.56 Å². The van der Waals surface area contributed by atoms with Crippen LogP contribution in [0, 0.1) is 0 Å². The third-order valence-corrected chi connectivity index (χ3v) is 8.26. The Balaban J connectivity index is 0.000000169. The van der Waals surface area contributed by atoms with Crippen LogP contribution >= 0.6 is 0 Å². The van der Waals surface area contributed by atoms with Crippen molar-refractivity contribution in [2.45, 2.75) is 109 Å². The zero-order chi connectivity index (χ0) is 30.6. The van der Waals surface area contributed by atoms with Gasteiger partial charge in [-0.05, 0) is 107 Å². The van der Waals surface area contributed by atoms with Crippen molar-refractivity contribution in [3.63, 3.8) is 0 Å². The van der Waals surface area contributed by atoms with Crippen molar-refractivity contribution in [1.82, 2.24) is 9.80 Å². The number of aliphatic hydroxyl groups is 1. The molecule has 4 aliphatic heterocycles. The molecule has 42 heavy (non-hydrogen) atoms. The smallest absolute Gasteiger partial charge is 0.411 e. The zero-order valence-electron chi connectivity index (χ0n) is 25.6. The maximum atomic E-state index is 12.5. The van der Waals surface area contributed by atoms with Gasteiger partial charge in [-0.2, -0.15) is 0 Å².